The van der Waals surface area contributed by atoms with Crippen LogP contribution in [0, 0.1) is 18.3 Å². The lowest BCUT2D eigenvalue weighted by Crippen LogP contribution is -2.05. The molecular formula is C11H11ClN2. The molecule has 72 valence electrons. The molecule has 0 atom stereocenters. The summed E-state index contributed by atoms with van der Waals surface area (Å²) in [5, 5.41) is 9.67. The fourth-order valence-corrected chi connectivity index (χ4v) is 1.98. The van der Waals surface area contributed by atoms with Crippen LogP contribution in [0.25, 0.3) is 0 Å². The molecule has 2 rings (SSSR count). The molecule has 1 saturated carbocycles. The number of nitriles is 1. The van der Waals surface area contributed by atoms with Crippen molar-refractivity contribution in [2.24, 2.45) is 0 Å². The summed E-state index contributed by atoms with van der Waals surface area (Å²) in [5.74, 6) is 0. The lowest BCUT2D eigenvalue weighted by atomic mass is 9.95. The van der Waals surface area contributed by atoms with Gasteiger partial charge in [0.25, 0.3) is 0 Å². The summed E-state index contributed by atoms with van der Waals surface area (Å²) in [4.78, 5) is 0. The van der Waals surface area contributed by atoms with E-state index in [4.69, 9.17) is 22.6 Å². The van der Waals surface area contributed by atoms with Crippen LogP contribution in [0.4, 0.5) is 5.69 Å². The lowest BCUT2D eigenvalue weighted by molar-refractivity contribution is 0.907. The molecule has 0 aliphatic heterocycles. The Morgan fingerprint density at radius 1 is 1.50 bits per heavy atom. The van der Waals surface area contributed by atoms with Crippen LogP contribution in [-0.2, 0) is 5.41 Å². The molecule has 0 aromatic heterocycles. The second-order valence-electron chi connectivity index (χ2n) is 3.88. The molecule has 1 aliphatic carbocycles. The topological polar surface area (TPSA) is 49.8 Å². The number of rotatable bonds is 1. The Labute approximate surface area is 88.3 Å². The summed E-state index contributed by atoms with van der Waals surface area (Å²) in [6, 6.07) is 6.01. The average molecular weight is 207 g/mol. The zero-order valence-corrected chi connectivity index (χ0v) is 8.73. The fourth-order valence-electron chi connectivity index (χ4n) is 1.63. The second-order valence-corrected chi connectivity index (χ2v) is 4.29. The van der Waals surface area contributed by atoms with E-state index in [0.29, 0.717) is 10.7 Å². The number of hydrogen-bond acceptors (Lipinski definition) is 2. The van der Waals surface area contributed by atoms with Gasteiger partial charge in [0, 0.05) is 10.7 Å². The molecule has 1 aromatic rings. The predicted octanol–water partition coefficient (Wildman–Crippen LogP) is 2.79. The first-order chi connectivity index (χ1) is 6.59. The summed E-state index contributed by atoms with van der Waals surface area (Å²) < 4.78 is 0. The van der Waals surface area contributed by atoms with E-state index in [2.05, 4.69) is 6.07 Å². The first kappa shape index (κ1) is 9.36. The first-order valence-corrected chi connectivity index (χ1v) is 4.94. The summed E-state index contributed by atoms with van der Waals surface area (Å²) in [7, 11) is 0. The average Bonchev–Trinajstić information content (AvgIpc) is 2.92. The molecule has 1 fully saturated rings. The fraction of sp³-hybridized carbons (Fsp3) is 0.364. The van der Waals surface area contributed by atoms with E-state index < -0.39 is 0 Å². The molecular weight excluding hydrogens is 196 g/mol. The molecule has 0 unspecified atom stereocenters. The highest BCUT2D eigenvalue weighted by atomic mass is 35.5. The summed E-state index contributed by atoms with van der Waals surface area (Å²) in [6.07, 6.45) is 1.82. The minimum absolute atomic E-state index is 0.324. The van der Waals surface area contributed by atoms with Gasteiger partial charge in [0.15, 0.2) is 0 Å². The molecule has 1 aromatic carbocycles. The second kappa shape index (κ2) is 2.90. The van der Waals surface area contributed by atoms with E-state index >= 15 is 0 Å². The zero-order chi connectivity index (χ0) is 10.3. The lowest BCUT2D eigenvalue weighted by Gasteiger charge is -2.11. The van der Waals surface area contributed by atoms with Crippen molar-refractivity contribution in [2.45, 2.75) is 25.2 Å². The van der Waals surface area contributed by atoms with Crippen LogP contribution < -0.4 is 5.73 Å². The van der Waals surface area contributed by atoms with Crippen molar-refractivity contribution in [3.63, 3.8) is 0 Å². The molecule has 0 spiro atoms. The van der Waals surface area contributed by atoms with Crippen LogP contribution in [0.15, 0.2) is 12.1 Å². The smallest absolute Gasteiger partial charge is 0.0838 e. The molecule has 0 bridgehead atoms. The van der Waals surface area contributed by atoms with Gasteiger partial charge in [0.1, 0.15) is 0 Å². The minimum Gasteiger partial charge on any atom is -0.398 e. The van der Waals surface area contributed by atoms with Gasteiger partial charge < -0.3 is 5.73 Å². The van der Waals surface area contributed by atoms with Crippen molar-refractivity contribution in [2.75, 3.05) is 5.73 Å². The number of hydrogen-bond donors (Lipinski definition) is 1. The Morgan fingerprint density at radius 3 is 2.64 bits per heavy atom. The van der Waals surface area contributed by atoms with Crippen LogP contribution in [0.3, 0.4) is 0 Å². The maximum Gasteiger partial charge on any atom is 0.0838 e. The number of nitrogens with two attached hydrogens (primary N) is 1. The van der Waals surface area contributed by atoms with Crippen LogP contribution in [-0.4, -0.2) is 0 Å². The maximum absolute atomic E-state index is 9.05. The van der Waals surface area contributed by atoms with Crippen LogP contribution in [0.2, 0.25) is 5.02 Å². The zero-order valence-electron chi connectivity index (χ0n) is 7.97. The standard InChI is InChI=1S/C11H11ClN2/c1-7-4-8(9(12)5-10(7)14)11(6-13)2-3-11/h4-5H,2-3,14H2,1H3. The molecule has 3 heteroatoms. The Kier molecular flexibility index (Phi) is 1.94. The summed E-state index contributed by atoms with van der Waals surface area (Å²) in [5.41, 5.74) is 8.02. The number of benzene rings is 1. The van der Waals surface area contributed by atoms with Gasteiger partial charge in [-0.1, -0.05) is 17.7 Å². The SMILES string of the molecule is Cc1cc(C2(C#N)CC2)c(Cl)cc1N. The Bertz CT molecular complexity index is 428. The van der Waals surface area contributed by atoms with Gasteiger partial charge in [-0.2, -0.15) is 5.26 Å². The molecule has 2 nitrogen and oxygen atoms in total. The van der Waals surface area contributed by atoms with Crippen molar-refractivity contribution in [1.82, 2.24) is 0 Å². The Balaban J connectivity index is 2.55. The van der Waals surface area contributed by atoms with Gasteiger partial charge in [0.2, 0.25) is 0 Å². The molecule has 0 heterocycles. The monoisotopic (exact) mass is 206 g/mol. The molecule has 14 heavy (non-hydrogen) atoms. The van der Waals surface area contributed by atoms with Crippen LogP contribution >= 0.6 is 11.6 Å². The third kappa shape index (κ3) is 1.25. The van der Waals surface area contributed by atoms with Gasteiger partial charge in [-0.15, -0.1) is 0 Å². The summed E-state index contributed by atoms with van der Waals surface area (Å²) >= 11 is 6.07. The van der Waals surface area contributed by atoms with Gasteiger partial charge in [-0.05, 0) is 37.0 Å². The number of aryl methyl sites for hydroxylation is 1. The molecule has 0 radical (unpaired) electrons. The highest BCUT2D eigenvalue weighted by Gasteiger charge is 2.46. The highest BCUT2D eigenvalue weighted by Crippen LogP contribution is 2.50. The van der Waals surface area contributed by atoms with Gasteiger partial charge in [-0.3, -0.25) is 0 Å². The molecule has 0 saturated heterocycles. The highest BCUT2D eigenvalue weighted by molar-refractivity contribution is 6.31. The van der Waals surface area contributed by atoms with Gasteiger partial charge in [-0.25, -0.2) is 0 Å². The van der Waals surface area contributed by atoms with E-state index in [1.54, 1.807) is 6.07 Å². The number of halogens is 1. The van der Waals surface area contributed by atoms with Gasteiger partial charge in [0.05, 0.1) is 11.5 Å². The maximum atomic E-state index is 9.05. The van der Waals surface area contributed by atoms with Crippen molar-refractivity contribution in [1.29, 1.82) is 5.26 Å². The largest absolute Gasteiger partial charge is 0.398 e. The Morgan fingerprint density at radius 2 is 2.14 bits per heavy atom. The van der Waals surface area contributed by atoms with Crippen LogP contribution in [0.1, 0.15) is 24.0 Å². The van der Waals surface area contributed by atoms with Crippen molar-refractivity contribution < 1.29 is 0 Å². The van der Waals surface area contributed by atoms with Crippen molar-refractivity contribution in [3.8, 4) is 6.07 Å². The van der Waals surface area contributed by atoms with E-state index in [1.165, 1.54) is 0 Å². The van der Waals surface area contributed by atoms with Crippen molar-refractivity contribution >= 4 is 17.3 Å². The van der Waals surface area contributed by atoms with Crippen LogP contribution in [0.5, 0.6) is 0 Å². The molecule has 2 N–H and O–H groups in total. The molecule has 0 amide bonds. The third-order valence-electron chi connectivity index (χ3n) is 2.84. The molecule has 1 aliphatic rings. The number of nitrogens with zero attached hydrogens (tertiary/aromatic N) is 1. The van der Waals surface area contributed by atoms with E-state index in [0.717, 1.165) is 24.0 Å². The quantitative estimate of drug-likeness (QED) is 0.719. The first-order valence-electron chi connectivity index (χ1n) is 4.56. The predicted molar refractivity (Wildman–Crippen MR) is 57.1 cm³/mol. The number of nitrogen functional groups attached to an aromatic ring is 1. The van der Waals surface area contributed by atoms with Crippen molar-refractivity contribution in [3.05, 3.63) is 28.3 Å². The number of anilines is 1. The minimum atomic E-state index is -0.324. The van der Waals surface area contributed by atoms with E-state index in [9.17, 15) is 0 Å². The summed E-state index contributed by atoms with van der Waals surface area (Å²) in [6.45, 7) is 1.93. The van der Waals surface area contributed by atoms with Gasteiger partial charge >= 0.3 is 0 Å². The van der Waals surface area contributed by atoms with E-state index in [-0.39, 0.29) is 5.41 Å². The third-order valence-corrected chi connectivity index (χ3v) is 3.15. The van der Waals surface area contributed by atoms with E-state index in [1.807, 2.05) is 13.0 Å². The Hall–Kier alpha value is -1.20. The normalized spacial score (nSPS) is 17.5.